The van der Waals surface area contributed by atoms with E-state index in [4.69, 9.17) is 0 Å². The van der Waals surface area contributed by atoms with Gasteiger partial charge in [0.2, 0.25) is 0 Å². The van der Waals surface area contributed by atoms with Crippen LogP contribution in [0.1, 0.15) is 64.8 Å². The third-order valence-corrected chi connectivity index (χ3v) is 5.85. The van der Waals surface area contributed by atoms with E-state index in [1.54, 1.807) is 24.3 Å². The van der Waals surface area contributed by atoms with Crippen LogP contribution in [0.15, 0.2) is 48.5 Å². The highest BCUT2D eigenvalue weighted by Gasteiger charge is 2.43. The molecule has 4 heteroatoms. The van der Waals surface area contributed by atoms with E-state index in [2.05, 4.69) is 0 Å². The first-order chi connectivity index (χ1) is 12.5. The summed E-state index contributed by atoms with van der Waals surface area (Å²) in [7, 11) is 0. The van der Waals surface area contributed by atoms with Gasteiger partial charge in [-0.15, -0.1) is 0 Å². The lowest BCUT2D eigenvalue weighted by molar-refractivity contribution is 0.0571. The molecule has 2 fully saturated rings. The number of carbonyl (C=O) groups is 2. The summed E-state index contributed by atoms with van der Waals surface area (Å²) >= 11 is 0. The number of carbonyl (C=O) groups excluding carboxylic acids is 2. The van der Waals surface area contributed by atoms with Crippen molar-refractivity contribution in [1.82, 2.24) is 4.90 Å². The van der Waals surface area contributed by atoms with Gasteiger partial charge in [-0.2, -0.15) is 0 Å². The fourth-order valence-electron chi connectivity index (χ4n) is 4.51. The van der Waals surface area contributed by atoms with Crippen molar-refractivity contribution in [3.05, 3.63) is 71.0 Å². The Hall–Kier alpha value is -2.49. The molecule has 0 aliphatic carbocycles. The number of benzene rings is 2. The second-order valence-corrected chi connectivity index (χ2v) is 7.45. The maximum Gasteiger partial charge on any atom is 0.254 e. The van der Waals surface area contributed by atoms with Gasteiger partial charge in [-0.3, -0.25) is 9.59 Å². The van der Waals surface area contributed by atoms with Crippen LogP contribution in [0, 0.1) is 5.82 Å². The van der Waals surface area contributed by atoms with Crippen molar-refractivity contribution in [2.45, 2.75) is 50.6 Å². The summed E-state index contributed by atoms with van der Waals surface area (Å²) in [4.78, 5) is 26.5. The van der Waals surface area contributed by atoms with Gasteiger partial charge in [0.25, 0.3) is 5.91 Å². The van der Waals surface area contributed by atoms with Crippen LogP contribution in [0.5, 0.6) is 0 Å². The molecule has 1 amide bonds. The first-order valence-electron chi connectivity index (χ1n) is 9.22. The molecule has 2 saturated heterocycles. The van der Waals surface area contributed by atoms with E-state index < -0.39 is 0 Å². The van der Waals surface area contributed by atoms with Crippen molar-refractivity contribution in [2.24, 2.45) is 0 Å². The van der Waals surface area contributed by atoms with E-state index in [9.17, 15) is 14.0 Å². The minimum absolute atomic E-state index is 0.00387. The number of fused-ring (bicyclic) bond motifs is 2. The zero-order chi connectivity index (χ0) is 18.3. The van der Waals surface area contributed by atoms with E-state index in [1.165, 1.54) is 24.6 Å². The van der Waals surface area contributed by atoms with Gasteiger partial charge in [0, 0.05) is 23.2 Å². The van der Waals surface area contributed by atoms with Crippen LogP contribution in [-0.2, 0) is 0 Å². The predicted molar refractivity (Wildman–Crippen MR) is 97.8 cm³/mol. The minimum Gasteiger partial charge on any atom is -0.333 e. The zero-order valence-corrected chi connectivity index (χ0v) is 14.8. The summed E-state index contributed by atoms with van der Waals surface area (Å²) in [6.07, 6.45) is 3.91. The highest BCUT2D eigenvalue weighted by molar-refractivity contribution is 5.98. The average Bonchev–Trinajstić information content (AvgIpc) is 2.91. The molecule has 2 aromatic carbocycles. The third-order valence-electron chi connectivity index (χ3n) is 5.85. The quantitative estimate of drug-likeness (QED) is 0.759. The van der Waals surface area contributed by atoms with Crippen molar-refractivity contribution in [3.63, 3.8) is 0 Å². The molecular weight excluding hydrogens is 329 g/mol. The monoisotopic (exact) mass is 351 g/mol. The lowest BCUT2D eigenvalue weighted by Crippen LogP contribution is -2.46. The van der Waals surface area contributed by atoms with Gasteiger partial charge in [-0.05, 0) is 68.4 Å². The van der Waals surface area contributed by atoms with Crippen LogP contribution in [0.25, 0.3) is 0 Å². The summed E-state index contributed by atoms with van der Waals surface area (Å²) in [6, 6.07) is 14.2. The Bertz CT molecular complexity index is 814. The maximum absolute atomic E-state index is 13.2. The highest BCUT2D eigenvalue weighted by atomic mass is 19.1. The first-order valence-corrected chi connectivity index (χ1v) is 9.22. The third kappa shape index (κ3) is 3.05. The number of Topliss-reactive ketones (excluding diaryl/α,β-unsaturated/α-hetero) is 1. The van der Waals surface area contributed by atoms with Crippen LogP contribution >= 0.6 is 0 Å². The van der Waals surface area contributed by atoms with Crippen molar-refractivity contribution in [3.8, 4) is 0 Å². The van der Waals surface area contributed by atoms with Gasteiger partial charge < -0.3 is 4.90 Å². The van der Waals surface area contributed by atoms with Gasteiger partial charge in [0.15, 0.2) is 5.78 Å². The molecular formula is C22H22FNO2. The van der Waals surface area contributed by atoms with E-state index >= 15 is 0 Å². The van der Waals surface area contributed by atoms with E-state index in [-0.39, 0.29) is 29.6 Å². The largest absolute Gasteiger partial charge is 0.333 e. The average molecular weight is 351 g/mol. The standard InChI is InChI=1S/C22H22FNO2/c1-14(25)15-2-4-17(5-3-15)22(26)24-20-10-11-21(24)13-18(12-20)16-6-8-19(23)9-7-16/h2-9,18,20-21H,10-13H2,1H3/t18-,20+,21-. The van der Waals surface area contributed by atoms with Gasteiger partial charge in [-0.25, -0.2) is 4.39 Å². The molecule has 26 heavy (non-hydrogen) atoms. The summed E-state index contributed by atoms with van der Waals surface area (Å²) in [5.41, 5.74) is 2.44. The van der Waals surface area contributed by atoms with Gasteiger partial charge >= 0.3 is 0 Å². The Labute approximate surface area is 152 Å². The summed E-state index contributed by atoms with van der Waals surface area (Å²) in [6.45, 7) is 1.53. The van der Waals surface area contributed by atoms with Crippen molar-refractivity contribution in [2.75, 3.05) is 0 Å². The maximum atomic E-state index is 13.2. The molecule has 2 aliphatic heterocycles. The van der Waals surface area contributed by atoms with Gasteiger partial charge in [0.1, 0.15) is 5.82 Å². The second-order valence-electron chi connectivity index (χ2n) is 7.45. The molecule has 2 aliphatic rings. The lowest BCUT2D eigenvalue weighted by atomic mass is 9.84. The smallest absolute Gasteiger partial charge is 0.254 e. The predicted octanol–water partition coefficient (Wildman–Crippen LogP) is 4.58. The fourth-order valence-corrected chi connectivity index (χ4v) is 4.51. The van der Waals surface area contributed by atoms with Crippen molar-refractivity contribution in [1.29, 1.82) is 0 Å². The molecule has 3 nitrogen and oxygen atoms in total. The fraction of sp³-hybridized carbons (Fsp3) is 0.364. The van der Waals surface area contributed by atoms with Crippen LogP contribution in [-0.4, -0.2) is 28.7 Å². The van der Waals surface area contributed by atoms with Crippen LogP contribution in [0.3, 0.4) is 0 Å². The molecule has 0 spiro atoms. The Morgan fingerprint density at radius 1 is 0.885 bits per heavy atom. The van der Waals surface area contributed by atoms with E-state index in [0.29, 0.717) is 17.0 Å². The molecule has 0 N–H and O–H groups in total. The summed E-state index contributed by atoms with van der Waals surface area (Å²) < 4.78 is 13.2. The number of piperidine rings is 1. The molecule has 0 unspecified atom stereocenters. The number of rotatable bonds is 3. The topological polar surface area (TPSA) is 37.4 Å². The SMILES string of the molecule is CC(=O)c1ccc(C(=O)N2[C@@H]3CC[C@H]2C[C@@H](c2ccc(F)cc2)C3)cc1. The number of hydrogen-bond acceptors (Lipinski definition) is 2. The molecule has 4 rings (SSSR count). The molecule has 0 saturated carbocycles. The van der Waals surface area contributed by atoms with Crippen LogP contribution in [0.2, 0.25) is 0 Å². The summed E-state index contributed by atoms with van der Waals surface area (Å²) in [5.74, 6) is 0.241. The Balaban J connectivity index is 1.51. The zero-order valence-electron chi connectivity index (χ0n) is 14.8. The van der Waals surface area contributed by atoms with Gasteiger partial charge in [-0.1, -0.05) is 24.3 Å². The number of halogens is 1. The Morgan fingerprint density at radius 2 is 1.42 bits per heavy atom. The molecule has 2 heterocycles. The first kappa shape index (κ1) is 17.0. The van der Waals surface area contributed by atoms with Crippen molar-refractivity contribution >= 4 is 11.7 Å². The van der Waals surface area contributed by atoms with Crippen LogP contribution in [0.4, 0.5) is 4.39 Å². The molecule has 2 aromatic rings. The Kier molecular flexibility index (Phi) is 4.35. The lowest BCUT2D eigenvalue weighted by Gasteiger charge is -2.39. The van der Waals surface area contributed by atoms with Gasteiger partial charge in [0.05, 0.1) is 0 Å². The Morgan fingerprint density at radius 3 is 1.96 bits per heavy atom. The normalized spacial score (nSPS) is 24.5. The number of hydrogen-bond donors (Lipinski definition) is 0. The number of amides is 1. The van der Waals surface area contributed by atoms with E-state index in [0.717, 1.165) is 25.7 Å². The number of ketones is 1. The number of nitrogens with zero attached hydrogens (tertiary/aromatic N) is 1. The summed E-state index contributed by atoms with van der Waals surface area (Å²) in [5, 5.41) is 0. The molecule has 2 bridgehead atoms. The molecule has 0 aromatic heterocycles. The molecule has 0 radical (unpaired) electrons. The van der Waals surface area contributed by atoms with Crippen LogP contribution < -0.4 is 0 Å². The molecule has 134 valence electrons. The molecule has 3 atom stereocenters. The van der Waals surface area contributed by atoms with E-state index in [1.807, 2.05) is 17.0 Å². The minimum atomic E-state index is -0.210. The van der Waals surface area contributed by atoms with Crippen molar-refractivity contribution < 1.29 is 14.0 Å². The highest BCUT2D eigenvalue weighted by Crippen LogP contribution is 2.43. The second kappa shape index (κ2) is 6.67.